The fraction of sp³-hybridized carbons (Fsp3) is 0.0769. The lowest BCUT2D eigenvalue weighted by Gasteiger charge is -2.09. The van der Waals surface area contributed by atoms with Crippen molar-refractivity contribution in [3.8, 4) is 5.75 Å². The molecule has 0 spiro atoms. The Hall–Kier alpha value is -1.18. The second-order valence-corrected chi connectivity index (χ2v) is 7.47. The molecule has 21 heavy (non-hydrogen) atoms. The number of halogens is 4. The van der Waals surface area contributed by atoms with Crippen molar-refractivity contribution >= 4 is 35.7 Å². The van der Waals surface area contributed by atoms with Crippen LogP contribution in [-0.4, -0.2) is 8.42 Å². The number of hydrogen-bond acceptors (Lipinski definition) is 3. The Kier molecular flexibility index (Phi) is 4.85. The molecule has 0 atom stereocenters. The van der Waals surface area contributed by atoms with Gasteiger partial charge < -0.3 is 4.74 Å². The lowest BCUT2D eigenvalue weighted by Crippen LogP contribution is -2.00. The van der Waals surface area contributed by atoms with Gasteiger partial charge in [0, 0.05) is 20.7 Å². The van der Waals surface area contributed by atoms with Gasteiger partial charge in [-0.3, -0.25) is 0 Å². The third kappa shape index (κ3) is 4.15. The van der Waals surface area contributed by atoms with E-state index in [0.717, 1.165) is 18.2 Å². The summed E-state index contributed by atoms with van der Waals surface area (Å²) in [6, 6.07) is 7.07. The van der Waals surface area contributed by atoms with Crippen LogP contribution in [0.25, 0.3) is 0 Å². The predicted molar refractivity (Wildman–Crippen MR) is 77.9 cm³/mol. The van der Waals surface area contributed by atoms with E-state index in [1.165, 1.54) is 18.2 Å². The molecule has 2 aromatic rings. The smallest absolute Gasteiger partial charge is 0.261 e. The molecular weight excluding hydrogens is 390 g/mol. The largest absolute Gasteiger partial charge is 0.486 e. The van der Waals surface area contributed by atoms with Crippen LogP contribution >= 0.6 is 26.6 Å². The van der Waals surface area contributed by atoms with Gasteiger partial charge in [0.25, 0.3) is 9.05 Å². The number of ether oxygens (including phenoxy) is 1. The summed E-state index contributed by atoms with van der Waals surface area (Å²) < 4.78 is 54.8. The maximum atomic E-state index is 13.7. The standard InChI is InChI=1S/C13H8BrClF2O3S/c14-11-3-1-9(16)5-8(11)7-20-13-4-2-10(6-12(13)17)21(15,18)19/h1-6H,7H2. The molecule has 0 amide bonds. The Labute approximate surface area is 133 Å². The zero-order chi connectivity index (χ0) is 15.6. The van der Waals surface area contributed by atoms with Crippen LogP contribution in [0.5, 0.6) is 5.75 Å². The molecule has 8 heteroatoms. The molecule has 0 unspecified atom stereocenters. The zero-order valence-electron chi connectivity index (χ0n) is 10.3. The third-order valence-electron chi connectivity index (χ3n) is 2.58. The second kappa shape index (κ2) is 6.29. The van der Waals surface area contributed by atoms with Gasteiger partial charge in [-0.05, 0) is 36.4 Å². The highest BCUT2D eigenvalue weighted by Gasteiger charge is 2.14. The summed E-state index contributed by atoms with van der Waals surface area (Å²) in [5.41, 5.74) is 0.489. The number of rotatable bonds is 4. The zero-order valence-corrected chi connectivity index (χ0v) is 13.5. The summed E-state index contributed by atoms with van der Waals surface area (Å²) in [5.74, 6) is -1.47. The van der Waals surface area contributed by atoms with E-state index in [-0.39, 0.29) is 17.3 Å². The fourth-order valence-electron chi connectivity index (χ4n) is 1.56. The highest BCUT2D eigenvalue weighted by molar-refractivity contribution is 9.10. The van der Waals surface area contributed by atoms with Crippen molar-refractivity contribution in [3.63, 3.8) is 0 Å². The van der Waals surface area contributed by atoms with Crippen LogP contribution in [0.4, 0.5) is 8.78 Å². The summed E-state index contributed by atoms with van der Waals surface area (Å²) in [6.45, 7) is -0.0811. The summed E-state index contributed by atoms with van der Waals surface area (Å²) in [4.78, 5) is -0.360. The van der Waals surface area contributed by atoms with E-state index >= 15 is 0 Å². The van der Waals surface area contributed by atoms with Crippen LogP contribution in [0, 0.1) is 11.6 Å². The van der Waals surface area contributed by atoms with E-state index in [1.807, 2.05) is 0 Å². The quantitative estimate of drug-likeness (QED) is 0.725. The van der Waals surface area contributed by atoms with Gasteiger partial charge in [0.2, 0.25) is 0 Å². The van der Waals surface area contributed by atoms with Gasteiger partial charge in [0.05, 0.1) is 4.90 Å². The normalized spacial score (nSPS) is 11.4. The van der Waals surface area contributed by atoms with E-state index in [2.05, 4.69) is 15.9 Å². The average molecular weight is 398 g/mol. The van der Waals surface area contributed by atoms with E-state index in [1.54, 1.807) is 0 Å². The fourth-order valence-corrected chi connectivity index (χ4v) is 2.68. The Morgan fingerprint density at radius 3 is 2.48 bits per heavy atom. The monoisotopic (exact) mass is 396 g/mol. The molecule has 0 radical (unpaired) electrons. The third-order valence-corrected chi connectivity index (χ3v) is 4.70. The van der Waals surface area contributed by atoms with E-state index < -0.39 is 20.7 Å². The molecule has 112 valence electrons. The van der Waals surface area contributed by atoms with Crippen LogP contribution in [0.2, 0.25) is 0 Å². The number of hydrogen-bond donors (Lipinski definition) is 0. The molecule has 0 saturated carbocycles. The minimum atomic E-state index is -4.00. The number of benzene rings is 2. The molecule has 0 heterocycles. The molecular formula is C13H8BrClF2O3S. The highest BCUT2D eigenvalue weighted by Crippen LogP contribution is 2.25. The Balaban J connectivity index is 2.19. The van der Waals surface area contributed by atoms with Crippen LogP contribution in [-0.2, 0) is 15.7 Å². The lowest BCUT2D eigenvalue weighted by molar-refractivity contribution is 0.288. The van der Waals surface area contributed by atoms with Crippen molar-refractivity contribution in [2.45, 2.75) is 11.5 Å². The van der Waals surface area contributed by atoms with Gasteiger partial charge in [-0.2, -0.15) is 0 Å². The Bertz CT molecular complexity index is 781. The van der Waals surface area contributed by atoms with Crippen LogP contribution in [0.3, 0.4) is 0 Å². The summed E-state index contributed by atoms with van der Waals surface area (Å²) in [6.07, 6.45) is 0. The topological polar surface area (TPSA) is 43.4 Å². The molecule has 0 saturated heterocycles. The summed E-state index contributed by atoms with van der Waals surface area (Å²) in [5, 5.41) is 0. The van der Waals surface area contributed by atoms with Crippen molar-refractivity contribution in [3.05, 3.63) is 58.1 Å². The first-order valence-corrected chi connectivity index (χ1v) is 8.68. The average Bonchev–Trinajstić information content (AvgIpc) is 2.40. The van der Waals surface area contributed by atoms with Crippen LogP contribution in [0.15, 0.2) is 45.8 Å². The molecule has 3 nitrogen and oxygen atoms in total. The van der Waals surface area contributed by atoms with Gasteiger partial charge in [-0.25, -0.2) is 17.2 Å². The van der Waals surface area contributed by atoms with Gasteiger partial charge in [-0.15, -0.1) is 0 Å². The Morgan fingerprint density at radius 2 is 1.86 bits per heavy atom. The SMILES string of the molecule is O=S(=O)(Cl)c1ccc(OCc2cc(F)ccc2Br)c(F)c1. The minimum Gasteiger partial charge on any atom is -0.486 e. The van der Waals surface area contributed by atoms with Gasteiger partial charge in [0.15, 0.2) is 11.6 Å². The van der Waals surface area contributed by atoms with Gasteiger partial charge in [0.1, 0.15) is 12.4 Å². The summed E-state index contributed by atoms with van der Waals surface area (Å²) >= 11 is 3.22. The molecule has 0 fully saturated rings. The second-order valence-electron chi connectivity index (χ2n) is 4.05. The maximum Gasteiger partial charge on any atom is 0.261 e. The van der Waals surface area contributed by atoms with E-state index in [4.69, 9.17) is 15.4 Å². The molecule has 0 aliphatic heterocycles. The van der Waals surface area contributed by atoms with E-state index in [0.29, 0.717) is 10.0 Å². The molecule has 0 bridgehead atoms. The molecule has 2 rings (SSSR count). The predicted octanol–water partition coefficient (Wildman–Crippen LogP) is 4.23. The first-order valence-electron chi connectivity index (χ1n) is 5.58. The highest BCUT2D eigenvalue weighted by atomic mass is 79.9. The van der Waals surface area contributed by atoms with Gasteiger partial charge in [-0.1, -0.05) is 15.9 Å². The molecule has 0 aromatic heterocycles. The van der Waals surface area contributed by atoms with Crippen molar-refractivity contribution in [2.75, 3.05) is 0 Å². The minimum absolute atomic E-state index is 0.0811. The van der Waals surface area contributed by atoms with Crippen LogP contribution < -0.4 is 4.74 Å². The summed E-state index contributed by atoms with van der Waals surface area (Å²) in [7, 11) is 1.11. The van der Waals surface area contributed by atoms with Crippen molar-refractivity contribution in [1.29, 1.82) is 0 Å². The molecule has 0 aliphatic rings. The first kappa shape index (κ1) is 16.2. The Morgan fingerprint density at radius 1 is 1.14 bits per heavy atom. The van der Waals surface area contributed by atoms with Crippen molar-refractivity contribution in [1.82, 2.24) is 0 Å². The molecule has 0 aliphatic carbocycles. The molecule has 0 N–H and O–H groups in total. The van der Waals surface area contributed by atoms with Crippen molar-refractivity contribution in [2.24, 2.45) is 0 Å². The first-order chi connectivity index (χ1) is 9.77. The van der Waals surface area contributed by atoms with E-state index in [9.17, 15) is 17.2 Å². The maximum absolute atomic E-state index is 13.7. The van der Waals surface area contributed by atoms with Gasteiger partial charge >= 0.3 is 0 Å². The van der Waals surface area contributed by atoms with Crippen LogP contribution in [0.1, 0.15) is 5.56 Å². The molecule has 2 aromatic carbocycles. The lowest BCUT2D eigenvalue weighted by atomic mass is 10.2. The van der Waals surface area contributed by atoms with Crippen molar-refractivity contribution < 1.29 is 21.9 Å².